The molecule has 0 bridgehead atoms. The highest BCUT2D eigenvalue weighted by Crippen LogP contribution is 2.40. The Kier molecular flexibility index (Phi) is 6.62. The minimum atomic E-state index is -3.77. The topological polar surface area (TPSA) is 104 Å². The molecule has 3 aromatic rings. The van der Waals surface area contributed by atoms with Crippen molar-refractivity contribution in [1.82, 2.24) is 4.90 Å². The molecule has 4 rings (SSSR count). The summed E-state index contributed by atoms with van der Waals surface area (Å²) in [5, 5.41) is 9.79. The average molecular weight is 497 g/mol. The SMILES string of the molecule is Cc1ccccc1-c1ccc(C(=O)N2[C@@H](c3ccccc3F)CC[C@H]2C(=O)O)c(NS(C)(=O)=O)c1. The number of anilines is 1. The van der Waals surface area contributed by atoms with Crippen molar-refractivity contribution in [2.24, 2.45) is 0 Å². The maximum absolute atomic E-state index is 14.6. The molecule has 3 aromatic carbocycles. The molecule has 1 heterocycles. The summed E-state index contributed by atoms with van der Waals surface area (Å²) in [5.41, 5.74) is 2.74. The molecule has 182 valence electrons. The minimum Gasteiger partial charge on any atom is -0.480 e. The Hall–Kier alpha value is -3.72. The largest absolute Gasteiger partial charge is 0.480 e. The molecule has 1 aliphatic heterocycles. The average Bonchev–Trinajstić information content (AvgIpc) is 3.23. The van der Waals surface area contributed by atoms with E-state index in [1.54, 1.807) is 18.2 Å². The van der Waals surface area contributed by atoms with Gasteiger partial charge >= 0.3 is 5.97 Å². The van der Waals surface area contributed by atoms with Crippen molar-refractivity contribution < 1.29 is 27.5 Å². The Morgan fingerprint density at radius 3 is 2.37 bits per heavy atom. The van der Waals surface area contributed by atoms with Gasteiger partial charge in [-0.3, -0.25) is 9.52 Å². The number of likely N-dealkylation sites (tertiary alicyclic amines) is 1. The second kappa shape index (κ2) is 9.50. The molecule has 2 atom stereocenters. The van der Waals surface area contributed by atoms with Crippen LogP contribution in [0.2, 0.25) is 0 Å². The predicted octanol–water partition coefficient (Wildman–Crippen LogP) is 4.60. The quantitative estimate of drug-likeness (QED) is 0.519. The molecule has 1 fully saturated rings. The van der Waals surface area contributed by atoms with Crippen LogP contribution in [0.25, 0.3) is 11.1 Å². The summed E-state index contributed by atoms with van der Waals surface area (Å²) in [5.74, 6) is -2.43. The molecule has 0 radical (unpaired) electrons. The zero-order valence-corrected chi connectivity index (χ0v) is 20.0. The number of benzene rings is 3. The third-order valence-corrected chi connectivity index (χ3v) is 6.76. The number of aliphatic carboxylic acids is 1. The van der Waals surface area contributed by atoms with Gasteiger partial charge in [-0.1, -0.05) is 48.5 Å². The summed E-state index contributed by atoms with van der Waals surface area (Å²) in [4.78, 5) is 26.9. The van der Waals surface area contributed by atoms with Gasteiger partial charge in [0.25, 0.3) is 5.91 Å². The van der Waals surface area contributed by atoms with E-state index in [0.29, 0.717) is 5.56 Å². The van der Waals surface area contributed by atoms with Gasteiger partial charge in [-0.05, 0) is 54.7 Å². The molecular weight excluding hydrogens is 471 g/mol. The molecule has 0 spiro atoms. The Morgan fingerprint density at radius 1 is 1.03 bits per heavy atom. The fourth-order valence-corrected chi connectivity index (χ4v) is 5.17. The zero-order chi connectivity index (χ0) is 25.3. The lowest BCUT2D eigenvalue weighted by Gasteiger charge is -2.30. The number of carboxylic acids is 1. The first-order valence-corrected chi connectivity index (χ1v) is 12.9. The highest BCUT2D eigenvalue weighted by atomic mass is 32.2. The highest BCUT2D eigenvalue weighted by molar-refractivity contribution is 7.92. The number of halogens is 1. The second-order valence-electron chi connectivity index (χ2n) is 8.63. The molecule has 1 amide bonds. The van der Waals surface area contributed by atoms with Crippen molar-refractivity contribution in [2.45, 2.75) is 31.8 Å². The van der Waals surface area contributed by atoms with E-state index in [9.17, 15) is 27.5 Å². The van der Waals surface area contributed by atoms with Gasteiger partial charge in [-0.25, -0.2) is 17.6 Å². The van der Waals surface area contributed by atoms with E-state index in [2.05, 4.69) is 4.72 Å². The van der Waals surface area contributed by atoms with Gasteiger partial charge in [0, 0.05) is 5.56 Å². The molecule has 35 heavy (non-hydrogen) atoms. The summed E-state index contributed by atoms with van der Waals surface area (Å²) in [6, 6.07) is 16.2. The van der Waals surface area contributed by atoms with E-state index in [4.69, 9.17) is 0 Å². The Balaban J connectivity index is 1.83. The molecule has 7 nitrogen and oxygen atoms in total. The van der Waals surface area contributed by atoms with E-state index >= 15 is 0 Å². The molecule has 9 heteroatoms. The summed E-state index contributed by atoms with van der Waals surface area (Å²) in [6.07, 6.45) is 1.38. The number of hydrogen-bond acceptors (Lipinski definition) is 4. The Morgan fingerprint density at radius 2 is 1.71 bits per heavy atom. The van der Waals surface area contributed by atoms with Crippen molar-refractivity contribution in [3.8, 4) is 11.1 Å². The first-order chi connectivity index (χ1) is 16.6. The number of nitrogens with one attached hydrogen (secondary N) is 1. The first kappa shape index (κ1) is 24.4. The van der Waals surface area contributed by atoms with Crippen molar-refractivity contribution in [1.29, 1.82) is 0 Å². The molecule has 1 saturated heterocycles. The van der Waals surface area contributed by atoms with Crippen LogP contribution in [0.5, 0.6) is 0 Å². The number of amides is 1. The normalized spacial score (nSPS) is 17.9. The number of nitrogens with zero attached hydrogens (tertiary/aromatic N) is 1. The Bertz CT molecular complexity index is 1410. The van der Waals surface area contributed by atoms with Crippen molar-refractivity contribution >= 4 is 27.6 Å². The summed E-state index contributed by atoms with van der Waals surface area (Å²) in [6.45, 7) is 1.92. The first-order valence-electron chi connectivity index (χ1n) is 11.0. The maximum atomic E-state index is 14.6. The molecule has 0 aliphatic carbocycles. The summed E-state index contributed by atoms with van der Waals surface area (Å²) < 4.78 is 41.3. The van der Waals surface area contributed by atoms with Crippen LogP contribution in [-0.4, -0.2) is 42.6 Å². The van der Waals surface area contributed by atoms with Crippen LogP contribution >= 0.6 is 0 Å². The lowest BCUT2D eigenvalue weighted by molar-refractivity contribution is -0.141. The van der Waals surface area contributed by atoms with Gasteiger partial charge in [-0.15, -0.1) is 0 Å². The van der Waals surface area contributed by atoms with Crippen LogP contribution in [0.4, 0.5) is 10.1 Å². The number of carbonyl (C=O) groups is 2. The number of rotatable bonds is 6. The van der Waals surface area contributed by atoms with Crippen molar-refractivity contribution in [3.05, 3.63) is 89.2 Å². The third-order valence-electron chi connectivity index (χ3n) is 6.17. The summed E-state index contributed by atoms with van der Waals surface area (Å²) >= 11 is 0. The fourth-order valence-electron chi connectivity index (χ4n) is 4.61. The van der Waals surface area contributed by atoms with Crippen LogP contribution in [0.15, 0.2) is 66.7 Å². The van der Waals surface area contributed by atoms with E-state index in [0.717, 1.165) is 22.3 Å². The number of carbonyl (C=O) groups excluding carboxylic acids is 1. The van der Waals surface area contributed by atoms with E-state index < -0.39 is 39.8 Å². The minimum absolute atomic E-state index is 0.0118. The second-order valence-corrected chi connectivity index (χ2v) is 10.4. The van der Waals surface area contributed by atoms with Crippen molar-refractivity contribution in [2.75, 3.05) is 11.0 Å². The summed E-state index contributed by atoms with van der Waals surface area (Å²) in [7, 11) is -3.77. The van der Waals surface area contributed by atoms with E-state index in [1.807, 2.05) is 31.2 Å². The van der Waals surface area contributed by atoms with Gasteiger partial charge in [-0.2, -0.15) is 0 Å². The molecule has 1 aliphatic rings. The van der Waals surface area contributed by atoms with Crippen LogP contribution in [0.3, 0.4) is 0 Å². The smallest absolute Gasteiger partial charge is 0.326 e. The zero-order valence-electron chi connectivity index (χ0n) is 19.2. The number of carboxylic acid groups (broad SMARTS) is 1. The fraction of sp³-hybridized carbons (Fsp3) is 0.231. The maximum Gasteiger partial charge on any atom is 0.326 e. The molecule has 0 aromatic heterocycles. The van der Waals surface area contributed by atoms with E-state index in [-0.39, 0.29) is 29.7 Å². The molecular formula is C26H25FN2O5S. The van der Waals surface area contributed by atoms with Gasteiger partial charge < -0.3 is 10.0 Å². The lowest BCUT2D eigenvalue weighted by atomic mass is 9.97. The number of sulfonamides is 1. The molecule has 2 N–H and O–H groups in total. The van der Waals surface area contributed by atoms with Gasteiger partial charge in [0.15, 0.2) is 0 Å². The van der Waals surface area contributed by atoms with Crippen LogP contribution in [0, 0.1) is 12.7 Å². The van der Waals surface area contributed by atoms with Gasteiger partial charge in [0.2, 0.25) is 10.0 Å². The lowest BCUT2D eigenvalue weighted by Crippen LogP contribution is -2.42. The van der Waals surface area contributed by atoms with Crippen molar-refractivity contribution in [3.63, 3.8) is 0 Å². The molecule has 0 saturated carbocycles. The van der Waals surface area contributed by atoms with Crippen LogP contribution in [0.1, 0.15) is 40.4 Å². The predicted molar refractivity (Wildman–Crippen MR) is 131 cm³/mol. The highest BCUT2D eigenvalue weighted by Gasteiger charge is 2.43. The number of hydrogen-bond donors (Lipinski definition) is 2. The Labute approximate surface area is 203 Å². The monoisotopic (exact) mass is 496 g/mol. The van der Waals surface area contributed by atoms with Gasteiger partial charge in [0.1, 0.15) is 11.9 Å². The van der Waals surface area contributed by atoms with Crippen LogP contribution in [-0.2, 0) is 14.8 Å². The molecule has 0 unspecified atom stereocenters. The van der Waals surface area contributed by atoms with E-state index in [1.165, 1.54) is 24.3 Å². The number of aryl methyl sites for hydroxylation is 1. The van der Waals surface area contributed by atoms with Gasteiger partial charge in [0.05, 0.1) is 23.5 Å². The standard InChI is InChI=1S/C26H25FN2O5S/c1-16-7-3-4-8-18(16)17-11-12-20(22(15-17)28-35(2,33)34)25(30)29-23(13-14-24(29)26(31)32)19-9-5-6-10-21(19)27/h3-12,15,23-24,28H,13-14H2,1-2H3,(H,31,32)/t23-,24+/m1/s1. The van der Waals surface area contributed by atoms with Crippen LogP contribution < -0.4 is 4.72 Å². The third kappa shape index (κ3) is 5.05.